The van der Waals surface area contributed by atoms with Gasteiger partial charge in [0.05, 0.1) is 65.3 Å². The van der Waals surface area contributed by atoms with Crippen molar-refractivity contribution >= 4 is 65.5 Å². The van der Waals surface area contributed by atoms with Crippen LogP contribution in [0.5, 0.6) is 11.5 Å². The average molecular weight is 1470 g/mol. The Labute approximate surface area is 618 Å². The van der Waals surface area contributed by atoms with E-state index >= 15 is 4.57 Å². The van der Waals surface area contributed by atoms with Gasteiger partial charge in [0.2, 0.25) is 5.91 Å². The number of imidazole rings is 2. The predicted molar refractivity (Wildman–Crippen MR) is 394 cm³/mol. The highest BCUT2D eigenvalue weighted by atomic mass is 31.2. The van der Waals surface area contributed by atoms with Crippen molar-refractivity contribution in [3.8, 4) is 28.7 Å². The van der Waals surface area contributed by atoms with Crippen molar-refractivity contribution in [1.29, 1.82) is 5.26 Å². The van der Waals surface area contributed by atoms with Gasteiger partial charge in [0.25, 0.3) is 5.91 Å². The molecule has 2 fully saturated rings. The van der Waals surface area contributed by atoms with Crippen molar-refractivity contribution in [3.05, 3.63) is 216 Å². The van der Waals surface area contributed by atoms with Crippen LogP contribution in [0.15, 0.2) is 177 Å². The van der Waals surface area contributed by atoms with Gasteiger partial charge in [-0.15, -0.1) is 0 Å². The third-order valence-corrected chi connectivity index (χ3v) is 20.9. The largest absolute Gasteiger partial charge is 0.497 e. The molecule has 3 amide bonds. The Kier molecular flexibility index (Phi) is 23.6. The summed E-state index contributed by atoms with van der Waals surface area (Å²) in [7, 11) is -0.0154. The number of nitrogens with zero attached hydrogens (tertiary/aromatic N) is 10. The van der Waals surface area contributed by atoms with Crippen LogP contribution in [0.3, 0.4) is 0 Å². The minimum atomic E-state index is -4.80. The zero-order valence-corrected chi connectivity index (χ0v) is 60.7. The Morgan fingerprint density at radius 2 is 1.25 bits per heavy atom. The van der Waals surface area contributed by atoms with E-state index in [9.17, 15) is 29.5 Å². The number of aromatic nitrogens is 8. The summed E-state index contributed by atoms with van der Waals surface area (Å²) < 4.78 is 75.2. The van der Waals surface area contributed by atoms with Gasteiger partial charge < -0.3 is 49.1 Å². The summed E-state index contributed by atoms with van der Waals surface area (Å²) in [5, 5.41) is 27.1. The highest BCUT2D eigenvalue weighted by Gasteiger charge is 2.48. The number of anilines is 2. The van der Waals surface area contributed by atoms with Crippen LogP contribution in [0, 0.1) is 17.2 Å². The van der Waals surface area contributed by atoms with E-state index in [1.807, 2.05) is 121 Å². The Morgan fingerprint density at radius 1 is 0.673 bits per heavy atom. The number of aliphatic hydroxyl groups is 1. The molecule has 3 aliphatic rings. The van der Waals surface area contributed by atoms with Gasteiger partial charge in [0.1, 0.15) is 72.9 Å². The van der Waals surface area contributed by atoms with Gasteiger partial charge in [0, 0.05) is 57.2 Å². The number of amides is 3. The number of phosphoric acid groups is 1. The highest BCUT2D eigenvalue weighted by molar-refractivity contribution is 7.48. The Morgan fingerprint density at radius 3 is 1.86 bits per heavy atom. The number of aryl methyl sites for hydroxylation is 1. The van der Waals surface area contributed by atoms with E-state index in [1.165, 1.54) is 30.2 Å². The van der Waals surface area contributed by atoms with Crippen molar-refractivity contribution < 1.29 is 70.8 Å². The third kappa shape index (κ3) is 17.0. The number of methoxy groups -OCH3 is 2. The van der Waals surface area contributed by atoms with Crippen molar-refractivity contribution in [1.82, 2.24) is 43.9 Å². The minimum absolute atomic E-state index is 0.00420. The molecule has 554 valence electrons. The van der Waals surface area contributed by atoms with Crippen LogP contribution in [-0.2, 0) is 58.7 Å². The molecule has 7 atom stereocenters. The van der Waals surface area contributed by atoms with Gasteiger partial charge in [-0.1, -0.05) is 129 Å². The quantitative estimate of drug-likeness (QED) is 0.0195. The fourth-order valence-electron chi connectivity index (χ4n) is 13.7. The molecule has 6 heterocycles. The molecular weight excluding hydrogens is 1390 g/mol. The van der Waals surface area contributed by atoms with Gasteiger partial charge in [-0.05, 0) is 106 Å². The van der Waals surface area contributed by atoms with Crippen molar-refractivity contribution in [2.75, 3.05) is 64.9 Å². The number of Topliss-reactive ketones (excluding diaryl/α,β-unsaturated/α-hetero) is 1. The lowest BCUT2D eigenvalue weighted by molar-refractivity contribution is -0.119. The highest BCUT2D eigenvalue weighted by Crippen LogP contribution is 2.55. The number of hydrogen-bond acceptors (Lipinski definition) is 22. The molecule has 0 bridgehead atoms. The molecule has 107 heavy (non-hydrogen) atoms. The predicted octanol–water partition coefficient (Wildman–Crippen LogP) is 12.9. The molecule has 28 heteroatoms. The first-order valence-corrected chi connectivity index (χ1v) is 37.0. The van der Waals surface area contributed by atoms with Gasteiger partial charge in [-0.3, -0.25) is 37.1 Å². The number of ketones is 1. The minimum Gasteiger partial charge on any atom is -0.497 e. The molecule has 1 aliphatic carbocycles. The number of nitrogens with one attached hydrogen (secondary N) is 2. The molecule has 10 aromatic rings. The summed E-state index contributed by atoms with van der Waals surface area (Å²) in [4.78, 5) is 81.5. The number of ether oxygens (including phenoxy) is 6. The van der Waals surface area contributed by atoms with E-state index in [0.717, 1.165) is 39.8 Å². The number of rotatable bonds is 33. The maximum absolute atomic E-state index is 15.5. The maximum atomic E-state index is 15.5. The Hall–Kier alpha value is -10.7. The van der Waals surface area contributed by atoms with E-state index in [0.29, 0.717) is 59.8 Å². The fraction of sp³-hybridized carbons (Fsp3) is 0.354. The summed E-state index contributed by atoms with van der Waals surface area (Å²) in [6, 6.07) is 49.8. The second-order valence-corrected chi connectivity index (χ2v) is 28.5. The smallest absolute Gasteiger partial charge is 0.475 e. The zero-order valence-electron chi connectivity index (χ0n) is 59.8. The summed E-state index contributed by atoms with van der Waals surface area (Å²) in [5.74, 6) is 1.16. The maximum Gasteiger partial charge on any atom is 0.475 e. The second-order valence-electron chi connectivity index (χ2n) is 26.8. The number of carbonyl (C=O) groups excluding carboxylic acids is 4. The van der Waals surface area contributed by atoms with E-state index in [4.69, 9.17) is 42.0 Å². The van der Waals surface area contributed by atoms with Crippen LogP contribution < -0.4 is 20.1 Å². The summed E-state index contributed by atoms with van der Waals surface area (Å²) >= 11 is 0. The van der Waals surface area contributed by atoms with E-state index < -0.39 is 68.9 Å². The van der Waals surface area contributed by atoms with E-state index in [2.05, 4.69) is 78.7 Å². The molecule has 3 N–H and O–H groups in total. The summed E-state index contributed by atoms with van der Waals surface area (Å²) in [6.45, 7) is 3.43. The monoisotopic (exact) mass is 1470 g/mol. The van der Waals surface area contributed by atoms with Gasteiger partial charge >= 0.3 is 13.9 Å². The van der Waals surface area contributed by atoms with Crippen LogP contribution >= 0.6 is 7.82 Å². The lowest BCUT2D eigenvalue weighted by Gasteiger charge is -2.37. The van der Waals surface area contributed by atoms with Crippen LogP contribution in [0.4, 0.5) is 16.4 Å². The van der Waals surface area contributed by atoms with Crippen molar-refractivity contribution in [2.24, 2.45) is 5.92 Å². The molecule has 13 rings (SSSR count). The van der Waals surface area contributed by atoms with Crippen molar-refractivity contribution in [3.63, 3.8) is 0 Å². The number of fused-ring (bicyclic) bond motifs is 5. The SMILES string of the molecule is COc1ccc(C(OC[C@H]2O[C@@H](n3cnc4c(NC(=O)c5ccc(CCC(=O)CCC(C)C)cc5)ncnc43)CC2O[P@](=O)(OCCC#N)OC[C@H]2O[C@@H](n3cnc4c(NC(=O)CCCN(C)C(=O)OCC5c6ccccc6-c6ccccc65)ncnc43)CC2O)(c2ccccc2)c2ccc(OC)cc2)cc1. The lowest BCUT2D eigenvalue weighted by Crippen LogP contribution is -2.38. The number of nitriles is 1. The molecule has 27 nitrogen and oxygen atoms in total. The van der Waals surface area contributed by atoms with E-state index in [-0.39, 0.29) is 104 Å². The third-order valence-electron chi connectivity index (χ3n) is 19.4. The summed E-state index contributed by atoms with van der Waals surface area (Å²) in [5.41, 5.74) is 7.53. The van der Waals surface area contributed by atoms with Crippen LogP contribution in [0.25, 0.3) is 33.5 Å². The average Bonchev–Trinajstić information content (AvgIpc) is 1.75. The standard InChI is InChI=1S/C79H83N12O15P/c1-50(2)22-32-56(92)33-25-51-23-26-52(27-24-51)77(95)88-74-72-76(84-47-82-74)91(49-86-72)70-42-65(67(105-70)44-101-79(53-15-7-6-8-16-53,54-28-34-57(98-4)35-29-54)55-30-36-58(99-5)37-31-55)106-107(97,102-40-14-38-80)103-45-66-64(93)41-69(104-66)90-48-85-71-73(81-46-83-75(71)90)87-68(94)21-13-39-89(3)78(96)100-43-63-61-19-11-9-17-59(61)60-18-10-12-20-62(60)63/h6-12,15-20,23-24,26-31,34-37,46-50,63-67,69-70,93H,13-14,21-22,25,32-33,39-45H2,1-5H3,(H,81,83,87,94)(H,82,84,88,95)/t64?,65?,66-,67-,69-,70-,107-/m1/s1. The first-order valence-electron chi connectivity index (χ1n) is 35.6. The zero-order chi connectivity index (χ0) is 74.6. The van der Waals surface area contributed by atoms with Crippen molar-refractivity contribution in [2.45, 2.75) is 120 Å². The molecule has 2 aliphatic heterocycles. The first-order chi connectivity index (χ1) is 52.0. The number of hydrogen-bond donors (Lipinski definition) is 3. The summed E-state index contributed by atoms with van der Waals surface area (Å²) in [6.07, 6.45) is 0.921. The van der Waals surface area contributed by atoms with Crippen LogP contribution in [0.1, 0.15) is 127 Å². The Balaban J connectivity index is 0.708. The van der Waals surface area contributed by atoms with Gasteiger partial charge in [-0.25, -0.2) is 39.3 Å². The molecule has 0 spiro atoms. The van der Waals surface area contributed by atoms with Crippen LogP contribution in [0.2, 0.25) is 0 Å². The molecule has 2 saturated heterocycles. The molecule has 2 unspecified atom stereocenters. The lowest BCUT2D eigenvalue weighted by atomic mass is 9.80. The number of carbonyl (C=O) groups is 4. The number of aliphatic hydroxyl groups excluding tert-OH is 1. The number of benzene rings is 6. The van der Waals surface area contributed by atoms with Crippen LogP contribution in [-0.4, -0.2) is 151 Å². The normalized spacial score (nSPS) is 18.2. The molecular formula is C79H83N12O15P. The second kappa shape index (κ2) is 33.8. The first kappa shape index (κ1) is 74.6. The van der Waals surface area contributed by atoms with Gasteiger partial charge in [0.15, 0.2) is 34.0 Å². The Bertz CT molecular complexity index is 4770. The topological polar surface area (TPSA) is 327 Å². The van der Waals surface area contributed by atoms with E-state index in [1.54, 1.807) is 42.5 Å². The fourth-order valence-corrected chi connectivity index (χ4v) is 15.1. The molecule has 0 radical (unpaired) electrons. The number of phosphoric ester groups is 1. The molecule has 4 aromatic heterocycles. The molecule has 0 saturated carbocycles. The molecule has 6 aromatic carbocycles. The van der Waals surface area contributed by atoms with Gasteiger partial charge in [-0.2, -0.15) is 5.26 Å².